The third-order valence-electron chi connectivity index (χ3n) is 6.51. The molecule has 3 heterocycles. The first kappa shape index (κ1) is 19.9. The van der Waals surface area contributed by atoms with E-state index in [9.17, 15) is 8.78 Å². The molecule has 0 atom stereocenters. The number of pyridine rings is 1. The maximum atomic E-state index is 14.4. The molecule has 7 heteroatoms. The summed E-state index contributed by atoms with van der Waals surface area (Å²) in [5.74, 6) is -0.958. The summed E-state index contributed by atoms with van der Waals surface area (Å²) in [4.78, 5) is 10.1. The van der Waals surface area contributed by atoms with E-state index in [0.717, 1.165) is 35.5 Å². The Morgan fingerprint density at radius 2 is 1.84 bits per heavy atom. The molecule has 160 valence electrons. The Morgan fingerprint density at radius 1 is 1.03 bits per heavy atom. The minimum absolute atomic E-state index is 0.122. The summed E-state index contributed by atoms with van der Waals surface area (Å²) in [5, 5.41) is 4.76. The van der Waals surface area contributed by atoms with Crippen LogP contribution < -0.4 is 0 Å². The summed E-state index contributed by atoms with van der Waals surface area (Å²) in [6.07, 6.45) is 9.73. The van der Waals surface area contributed by atoms with Crippen LogP contribution in [0.3, 0.4) is 0 Å². The third kappa shape index (κ3) is 3.53. The zero-order valence-corrected chi connectivity index (χ0v) is 17.5. The molecule has 0 spiro atoms. The smallest absolute Gasteiger partial charge is 0.176 e. The van der Waals surface area contributed by atoms with Crippen molar-refractivity contribution in [2.24, 2.45) is 0 Å². The van der Waals surface area contributed by atoms with Gasteiger partial charge >= 0.3 is 0 Å². The molecule has 0 saturated heterocycles. The van der Waals surface area contributed by atoms with Crippen molar-refractivity contribution in [2.45, 2.75) is 37.6 Å². The zero-order chi connectivity index (χ0) is 21.5. The Morgan fingerprint density at radius 3 is 2.61 bits per heavy atom. The summed E-state index contributed by atoms with van der Waals surface area (Å²) in [6, 6.07) is 6.87. The number of hydrogen-bond donors (Lipinski definition) is 1. The van der Waals surface area contributed by atoms with Gasteiger partial charge in [0.05, 0.1) is 11.8 Å². The second kappa shape index (κ2) is 7.89. The van der Waals surface area contributed by atoms with Crippen LogP contribution in [0.1, 0.15) is 37.2 Å². The van der Waals surface area contributed by atoms with Crippen molar-refractivity contribution < 1.29 is 13.3 Å². The normalized spacial score (nSPS) is 19.4. The summed E-state index contributed by atoms with van der Waals surface area (Å²) < 4.78 is 33.7. The molecule has 0 radical (unpaired) electrons. The van der Waals surface area contributed by atoms with Crippen LogP contribution in [0.15, 0.2) is 47.4 Å². The number of halogens is 2. The maximum Gasteiger partial charge on any atom is 0.176 e. The van der Waals surface area contributed by atoms with Gasteiger partial charge in [-0.05, 0) is 63.4 Å². The predicted molar refractivity (Wildman–Crippen MR) is 116 cm³/mol. The van der Waals surface area contributed by atoms with E-state index in [1.54, 1.807) is 6.20 Å². The van der Waals surface area contributed by atoms with Crippen LogP contribution in [0.5, 0.6) is 0 Å². The lowest BCUT2D eigenvalue weighted by atomic mass is 9.81. The molecule has 0 bridgehead atoms. The van der Waals surface area contributed by atoms with Gasteiger partial charge in [0.1, 0.15) is 5.65 Å². The molecule has 31 heavy (non-hydrogen) atoms. The van der Waals surface area contributed by atoms with Gasteiger partial charge in [-0.3, -0.25) is 0 Å². The van der Waals surface area contributed by atoms with Crippen LogP contribution in [-0.4, -0.2) is 40.2 Å². The minimum Gasteiger partial charge on any atom is -0.356 e. The molecule has 5 nitrogen and oxygen atoms in total. The fourth-order valence-corrected chi connectivity index (χ4v) is 4.69. The number of nitrogens with one attached hydrogen (secondary N) is 1. The Hall–Kier alpha value is -3.06. The number of H-pyrrole nitrogens is 1. The van der Waals surface area contributed by atoms with E-state index in [1.807, 2.05) is 6.20 Å². The number of fused-ring (bicyclic) bond motifs is 1. The van der Waals surface area contributed by atoms with Crippen LogP contribution in [0.2, 0.25) is 0 Å². The molecule has 1 aromatic carbocycles. The molecule has 3 aromatic heterocycles. The molecular formula is C24H24F2N4O. The SMILES string of the molecule is CN(C)C1CCC(c2cnc3[nH]cc(-c4oncc4-c4cccc(F)c4F)c3c2)CC1. The molecular weight excluding hydrogens is 398 g/mol. The van der Waals surface area contributed by atoms with Gasteiger partial charge in [0.15, 0.2) is 17.4 Å². The molecule has 1 N–H and O–H groups in total. The molecule has 4 aromatic rings. The number of nitrogens with zero attached hydrogens (tertiary/aromatic N) is 3. The molecule has 1 fully saturated rings. The van der Waals surface area contributed by atoms with Crippen LogP contribution >= 0.6 is 0 Å². The molecule has 0 unspecified atom stereocenters. The van der Waals surface area contributed by atoms with Crippen molar-refractivity contribution in [3.8, 4) is 22.5 Å². The van der Waals surface area contributed by atoms with Gasteiger partial charge < -0.3 is 14.4 Å². The molecule has 0 amide bonds. The van der Waals surface area contributed by atoms with Crippen molar-refractivity contribution in [1.82, 2.24) is 20.0 Å². The lowest BCUT2D eigenvalue weighted by molar-refractivity contribution is 0.216. The van der Waals surface area contributed by atoms with Crippen molar-refractivity contribution in [1.29, 1.82) is 0 Å². The van der Waals surface area contributed by atoms with Crippen molar-refractivity contribution in [3.63, 3.8) is 0 Å². The van der Waals surface area contributed by atoms with E-state index in [4.69, 9.17) is 4.52 Å². The van der Waals surface area contributed by atoms with E-state index in [0.29, 0.717) is 23.3 Å². The van der Waals surface area contributed by atoms with Crippen LogP contribution in [-0.2, 0) is 0 Å². The van der Waals surface area contributed by atoms with Crippen molar-refractivity contribution in [2.75, 3.05) is 14.1 Å². The highest BCUT2D eigenvalue weighted by atomic mass is 19.2. The van der Waals surface area contributed by atoms with Gasteiger partial charge in [-0.1, -0.05) is 17.3 Å². The summed E-state index contributed by atoms with van der Waals surface area (Å²) in [7, 11) is 4.28. The highest BCUT2D eigenvalue weighted by Gasteiger charge is 2.25. The Bertz CT molecular complexity index is 1220. The highest BCUT2D eigenvalue weighted by Crippen LogP contribution is 2.39. The number of aromatic nitrogens is 3. The summed E-state index contributed by atoms with van der Waals surface area (Å²) >= 11 is 0. The molecule has 1 aliphatic carbocycles. The fourth-order valence-electron chi connectivity index (χ4n) is 4.69. The minimum atomic E-state index is -0.914. The lowest BCUT2D eigenvalue weighted by Gasteiger charge is -2.32. The maximum absolute atomic E-state index is 14.4. The monoisotopic (exact) mass is 422 g/mol. The number of hydrogen-bond acceptors (Lipinski definition) is 4. The quantitative estimate of drug-likeness (QED) is 0.455. The number of rotatable bonds is 4. The van der Waals surface area contributed by atoms with Crippen molar-refractivity contribution in [3.05, 3.63) is 60.1 Å². The topological polar surface area (TPSA) is 58.0 Å². The highest BCUT2D eigenvalue weighted by molar-refractivity contribution is 5.96. The van der Waals surface area contributed by atoms with Crippen LogP contribution in [0.25, 0.3) is 33.5 Å². The second-order valence-corrected chi connectivity index (χ2v) is 8.51. The average Bonchev–Trinajstić information content (AvgIpc) is 3.42. The first-order valence-electron chi connectivity index (χ1n) is 10.6. The van der Waals surface area contributed by atoms with E-state index in [-0.39, 0.29) is 5.56 Å². The zero-order valence-electron chi connectivity index (χ0n) is 17.5. The summed E-state index contributed by atoms with van der Waals surface area (Å²) in [6.45, 7) is 0. The fraction of sp³-hybridized carbons (Fsp3) is 0.333. The standard InChI is InChI=1S/C24H24F2N4O/c1-30(2)16-8-6-14(7-9-16)15-10-18-19(12-28-24(18)27-11-15)23-20(13-29-31-23)17-4-3-5-21(25)22(17)26/h3-5,10-14,16H,6-9H2,1-2H3,(H,27,28). The third-order valence-corrected chi connectivity index (χ3v) is 6.51. The van der Waals surface area contributed by atoms with Crippen molar-refractivity contribution >= 4 is 11.0 Å². The van der Waals surface area contributed by atoms with Gasteiger partial charge in [-0.15, -0.1) is 0 Å². The van der Waals surface area contributed by atoms with Gasteiger partial charge in [0.25, 0.3) is 0 Å². The van der Waals surface area contributed by atoms with E-state index in [1.165, 1.54) is 36.7 Å². The first-order valence-corrected chi connectivity index (χ1v) is 10.6. The first-order chi connectivity index (χ1) is 15.0. The Balaban J connectivity index is 1.52. The predicted octanol–water partition coefficient (Wildman–Crippen LogP) is 5.75. The van der Waals surface area contributed by atoms with Gasteiger partial charge in [0, 0.05) is 34.9 Å². The van der Waals surface area contributed by atoms with E-state index < -0.39 is 11.6 Å². The Kier molecular flexibility index (Phi) is 5.06. The Labute approximate surface area is 179 Å². The van der Waals surface area contributed by atoms with Crippen LogP contribution in [0.4, 0.5) is 8.78 Å². The summed E-state index contributed by atoms with van der Waals surface area (Å²) in [5.41, 5.74) is 3.19. The molecule has 1 aliphatic rings. The molecule has 1 saturated carbocycles. The van der Waals surface area contributed by atoms with Gasteiger partial charge in [-0.25, -0.2) is 13.8 Å². The van der Waals surface area contributed by atoms with E-state index in [2.05, 4.69) is 40.2 Å². The van der Waals surface area contributed by atoms with Gasteiger partial charge in [-0.2, -0.15) is 0 Å². The second-order valence-electron chi connectivity index (χ2n) is 8.51. The molecule has 5 rings (SSSR count). The number of aromatic amines is 1. The molecule has 0 aliphatic heterocycles. The van der Waals surface area contributed by atoms with Crippen LogP contribution in [0, 0.1) is 11.6 Å². The van der Waals surface area contributed by atoms with Gasteiger partial charge in [0.2, 0.25) is 0 Å². The lowest BCUT2D eigenvalue weighted by Crippen LogP contribution is -2.31. The number of benzene rings is 1. The van der Waals surface area contributed by atoms with E-state index >= 15 is 0 Å². The largest absolute Gasteiger partial charge is 0.356 e. The average molecular weight is 422 g/mol.